The van der Waals surface area contributed by atoms with Crippen LogP contribution < -0.4 is 5.32 Å². The van der Waals surface area contributed by atoms with Crippen LogP contribution in [0.5, 0.6) is 0 Å². The zero-order chi connectivity index (χ0) is 13.1. The molecule has 2 rings (SSSR count). The first kappa shape index (κ1) is 14.0. The minimum absolute atomic E-state index is 0.0127. The Balaban J connectivity index is 2.25. The summed E-state index contributed by atoms with van der Waals surface area (Å²) in [5, 5.41) is 5.42. The van der Waals surface area contributed by atoms with E-state index in [1.165, 1.54) is 10.9 Å². The van der Waals surface area contributed by atoms with Crippen molar-refractivity contribution in [3.05, 3.63) is 55.4 Å². The lowest BCUT2D eigenvalue weighted by molar-refractivity contribution is 0.581. The molecule has 1 atom stereocenters. The lowest BCUT2D eigenvalue weighted by atomic mass is 10.0. The summed E-state index contributed by atoms with van der Waals surface area (Å²) >= 11 is 11.1. The maximum atomic E-state index is 13.5. The molecule has 5 heteroatoms. The lowest BCUT2D eigenvalue weighted by Crippen LogP contribution is -2.19. The minimum Gasteiger partial charge on any atom is -0.313 e. The molecule has 96 valence electrons. The van der Waals surface area contributed by atoms with Gasteiger partial charge in [0.1, 0.15) is 5.82 Å². The second-order valence-corrected chi connectivity index (χ2v) is 6.21. The monoisotopic (exact) mass is 347 g/mol. The largest absolute Gasteiger partial charge is 0.313 e. The summed E-state index contributed by atoms with van der Waals surface area (Å²) in [5.41, 5.74) is 0.795. The van der Waals surface area contributed by atoms with E-state index >= 15 is 0 Å². The van der Waals surface area contributed by atoms with Crippen LogP contribution in [0.4, 0.5) is 4.39 Å². The molecule has 1 nitrogen and oxygen atoms in total. The van der Waals surface area contributed by atoms with Crippen molar-refractivity contribution in [3.63, 3.8) is 0 Å². The van der Waals surface area contributed by atoms with Gasteiger partial charge >= 0.3 is 0 Å². The SMILES string of the molecule is CNC(Cc1cc(Br)cs1)c1cccc(F)c1Cl. The molecule has 1 unspecified atom stereocenters. The third-order valence-corrected chi connectivity index (χ3v) is 4.85. The van der Waals surface area contributed by atoms with Crippen molar-refractivity contribution in [3.8, 4) is 0 Å². The second-order valence-electron chi connectivity index (χ2n) is 3.92. The third kappa shape index (κ3) is 3.12. The molecule has 0 amide bonds. The third-order valence-electron chi connectivity index (χ3n) is 2.73. The van der Waals surface area contributed by atoms with Gasteiger partial charge < -0.3 is 5.32 Å². The maximum Gasteiger partial charge on any atom is 0.142 e. The van der Waals surface area contributed by atoms with Gasteiger partial charge in [-0.15, -0.1) is 11.3 Å². The van der Waals surface area contributed by atoms with Gasteiger partial charge in [-0.05, 0) is 40.7 Å². The molecule has 0 saturated carbocycles. The molecule has 0 radical (unpaired) electrons. The first-order valence-electron chi connectivity index (χ1n) is 5.46. The summed E-state index contributed by atoms with van der Waals surface area (Å²) in [6.07, 6.45) is 0.788. The van der Waals surface area contributed by atoms with Crippen molar-refractivity contribution in [1.29, 1.82) is 0 Å². The van der Waals surface area contributed by atoms with Gasteiger partial charge in [-0.25, -0.2) is 4.39 Å². The highest BCUT2D eigenvalue weighted by Gasteiger charge is 2.16. The highest BCUT2D eigenvalue weighted by molar-refractivity contribution is 9.10. The van der Waals surface area contributed by atoms with Crippen LogP contribution in [0.15, 0.2) is 34.1 Å². The first-order chi connectivity index (χ1) is 8.61. The van der Waals surface area contributed by atoms with E-state index in [1.807, 2.05) is 18.5 Å². The topological polar surface area (TPSA) is 12.0 Å². The van der Waals surface area contributed by atoms with Gasteiger partial charge in [-0.1, -0.05) is 23.7 Å². The van der Waals surface area contributed by atoms with E-state index in [4.69, 9.17) is 11.6 Å². The van der Waals surface area contributed by atoms with Gasteiger partial charge in [0.2, 0.25) is 0 Å². The van der Waals surface area contributed by atoms with Crippen LogP contribution in [-0.2, 0) is 6.42 Å². The molecule has 0 fully saturated rings. The van der Waals surface area contributed by atoms with Crippen LogP contribution in [0.3, 0.4) is 0 Å². The van der Waals surface area contributed by atoms with E-state index in [0.29, 0.717) is 0 Å². The number of hydrogen-bond acceptors (Lipinski definition) is 2. The average Bonchev–Trinajstić information content (AvgIpc) is 2.76. The Hall–Kier alpha value is -0.420. The molecule has 0 aliphatic rings. The fraction of sp³-hybridized carbons (Fsp3) is 0.231. The molecule has 0 saturated heterocycles. The molecule has 0 aliphatic heterocycles. The molecule has 0 bridgehead atoms. The number of hydrogen-bond donors (Lipinski definition) is 1. The van der Waals surface area contributed by atoms with E-state index in [2.05, 4.69) is 27.3 Å². The molecular formula is C13H12BrClFNS. The van der Waals surface area contributed by atoms with Crippen LogP contribution in [0, 0.1) is 5.82 Å². The Morgan fingerprint density at radius 3 is 2.89 bits per heavy atom. The van der Waals surface area contributed by atoms with Crippen LogP contribution >= 0.6 is 38.9 Å². The van der Waals surface area contributed by atoms with Gasteiger partial charge in [-0.2, -0.15) is 0 Å². The number of thiophene rings is 1. The van der Waals surface area contributed by atoms with Crippen LogP contribution in [0.1, 0.15) is 16.5 Å². The summed E-state index contributed by atoms with van der Waals surface area (Å²) in [5.74, 6) is -0.373. The van der Waals surface area contributed by atoms with E-state index < -0.39 is 0 Å². The zero-order valence-corrected chi connectivity index (χ0v) is 12.9. The lowest BCUT2D eigenvalue weighted by Gasteiger charge is -2.17. The van der Waals surface area contributed by atoms with Crippen molar-refractivity contribution in [2.75, 3.05) is 7.05 Å². The first-order valence-corrected chi connectivity index (χ1v) is 7.51. The van der Waals surface area contributed by atoms with E-state index in [0.717, 1.165) is 16.5 Å². The van der Waals surface area contributed by atoms with Crippen molar-refractivity contribution in [2.45, 2.75) is 12.5 Å². The maximum absolute atomic E-state index is 13.5. The molecular weight excluding hydrogens is 337 g/mol. The van der Waals surface area contributed by atoms with Gasteiger partial charge in [-0.3, -0.25) is 0 Å². The van der Waals surface area contributed by atoms with Gasteiger partial charge in [0, 0.05) is 27.2 Å². The molecule has 18 heavy (non-hydrogen) atoms. The Morgan fingerprint density at radius 1 is 1.50 bits per heavy atom. The van der Waals surface area contributed by atoms with E-state index in [-0.39, 0.29) is 16.9 Å². The van der Waals surface area contributed by atoms with Crippen LogP contribution in [0.2, 0.25) is 5.02 Å². The Kier molecular flexibility index (Phi) is 4.78. The smallest absolute Gasteiger partial charge is 0.142 e. The molecule has 1 aromatic carbocycles. The van der Waals surface area contributed by atoms with Crippen LogP contribution in [0.25, 0.3) is 0 Å². The molecule has 1 heterocycles. The molecule has 1 aromatic heterocycles. The number of nitrogens with one attached hydrogen (secondary N) is 1. The molecule has 0 spiro atoms. The highest BCUT2D eigenvalue weighted by Crippen LogP contribution is 2.30. The van der Waals surface area contributed by atoms with Crippen LogP contribution in [-0.4, -0.2) is 7.05 Å². The van der Waals surface area contributed by atoms with Gasteiger partial charge in [0.05, 0.1) is 5.02 Å². The Bertz CT molecular complexity index is 544. The second kappa shape index (κ2) is 6.15. The zero-order valence-electron chi connectivity index (χ0n) is 9.71. The molecule has 1 N–H and O–H groups in total. The van der Waals surface area contributed by atoms with Gasteiger partial charge in [0.25, 0.3) is 0 Å². The number of benzene rings is 1. The Labute approximate surface area is 123 Å². The molecule has 0 aliphatic carbocycles. The van der Waals surface area contributed by atoms with Crippen molar-refractivity contribution in [2.24, 2.45) is 0 Å². The predicted octanol–water partition coefficient (Wildman–Crippen LogP) is 4.81. The summed E-state index contributed by atoms with van der Waals surface area (Å²) in [6.45, 7) is 0. The van der Waals surface area contributed by atoms with Crippen molar-refractivity contribution in [1.82, 2.24) is 5.32 Å². The summed E-state index contributed by atoms with van der Waals surface area (Å²) in [7, 11) is 1.86. The summed E-state index contributed by atoms with van der Waals surface area (Å²) in [6, 6.07) is 7.00. The standard InChI is InChI=1S/C13H12BrClFNS/c1-17-12(6-9-5-8(14)7-18-9)10-3-2-4-11(16)13(10)15/h2-5,7,12,17H,6H2,1H3. The number of rotatable bonds is 4. The fourth-order valence-electron chi connectivity index (χ4n) is 1.82. The van der Waals surface area contributed by atoms with E-state index in [9.17, 15) is 4.39 Å². The summed E-state index contributed by atoms with van der Waals surface area (Å²) < 4.78 is 14.5. The predicted molar refractivity (Wildman–Crippen MR) is 78.9 cm³/mol. The fourth-order valence-corrected chi connectivity index (χ4v) is 3.57. The summed E-state index contributed by atoms with van der Waals surface area (Å²) in [4.78, 5) is 1.22. The normalized spacial score (nSPS) is 12.7. The number of likely N-dealkylation sites (N-methyl/N-ethyl adjacent to an activating group) is 1. The Morgan fingerprint density at radius 2 is 2.28 bits per heavy atom. The number of halogens is 3. The van der Waals surface area contributed by atoms with E-state index in [1.54, 1.807) is 17.4 Å². The van der Waals surface area contributed by atoms with Gasteiger partial charge in [0.15, 0.2) is 0 Å². The quantitative estimate of drug-likeness (QED) is 0.836. The highest BCUT2D eigenvalue weighted by atomic mass is 79.9. The van der Waals surface area contributed by atoms with Crippen molar-refractivity contribution < 1.29 is 4.39 Å². The minimum atomic E-state index is -0.373. The molecule has 2 aromatic rings. The van der Waals surface area contributed by atoms with Crippen molar-refractivity contribution >= 4 is 38.9 Å². The average molecular weight is 349 g/mol.